The van der Waals surface area contributed by atoms with Gasteiger partial charge in [0.1, 0.15) is 5.82 Å². The molecule has 6 heteroatoms. The van der Waals surface area contributed by atoms with Gasteiger partial charge in [0.15, 0.2) is 0 Å². The topological polar surface area (TPSA) is 64.9 Å². The number of rotatable bonds is 4. The third kappa shape index (κ3) is 2.52. The van der Waals surface area contributed by atoms with E-state index in [1.54, 1.807) is 6.07 Å². The summed E-state index contributed by atoms with van der Waals surface area (Å²) in [7, 11) is 0. The number of halogens is 2. The number of nitrogens with zero attached hydrogens (tertiary/aromatic N) is 2. The van der Waals surface area contributed by atoms with Crippen LogP contribution < -0.4 is 5.73 Å². The lowest BCUT2D eigenvalue weighted by molar-refractivity contribution is 0.351. The van der Waals surface area contributed by atoms with Gasteiger partial charge in [-0.05, 0) is 24.6 Å². The molecule has 0 bridgehead atoms. The van der Waals surface area contributed by atoms with Crippen LogP contribution in [0.5, 0.6) is 0 Å². The summed E-state index contributed by atoms with van der Waals surface area (Å²) >= 11 is 5.71. The van der Waals surface area contributed by atoms with E-state index in [2.05, 4.69) is 10.1 Å². The van der Waals surface area contributed by atoms with E-state index in [1.165, 1.54) is 12.1 Å². The van der Waals surface area contributed by atoms with Gasteiger partial charge in [0.25, 0.3) is 0 Å². The van der Waals surface area contributed by atoms with Crippen molar-refractivity contribution in [3.05, 3.63) is 34.9 Å². The Morgan fingerprint density at radius 2 is 2.28 bits per heavy atom. The minimum Gasteiger partial charge on any atom is -0.339 e. The van der Waals surface area contributed by atoms with Crippen LogP contribution >= 0.6 is 11.6 Å². The second-order valence-electron chi connectivity index (χ2n) is 3.93. The van der Waals surface area contributed by atoms with Crippen molar-refractivity contribution in [1.82, 2.24) is 10.1 Å². The van der Waals surface area contributed by atoms with E-state index in [1.807, 2.05) is 6.92 Å². The molecule has 96 valence electrons. The summed E-state index contributed by atoms with van der Waals surface area (Å²) in [5, 5.41) is 3.88. The predicted molar refractivity (Wildman–Crippen MR) is 66.8 cm³/mol. The summed E-state index contributed by atoms with van der Waals surface area (Å²) in [6.45, 7) is 2.44. The Hall–Kier alpha value is -1.46. The van der Waals surface area contributed by atoms with Crippen LogP contribution in [0.1, 0.15) is 25.2 Å². The van der Waals surface area contributed by atoms with Crippen molar-refractivity contribution in [1.29, 1.82) is 0 Å². The smallest absolute Gasteiger partial charge is 0.231 e. The summed E-state index contributed by atoms with van der Waals surface area (Å²) in [4.78, 5) is 4.25. The number of nitrogens with two attached hydrogens (primary N) is 1. The highest BCUT2D eigenvalue weighted by molar-refractivity contribution is 6.31. The van der Waals surface area contributed by atoms with Gasteiger partial charge < -0.3 is 10.3 Å². The standard InChI is InChI=1S/C12H13ClFN3O/c1-2-7(6-15)12-16-11(17-18-12)8-3-4-10(14)9(13)5-8/h3-5,7H,2,6,15H2,1H3. The second kappa shape index (κ2) is 5.46. The third-order valence-corrected chi connectivity index (χ3v) is 3.04. The van der Waals surface area contributed by atoms with Crippen molar-refractivity contribution in [2.45, 2.75) is 19.3 Å². The Morgan fingerprint density at radius 1 is 1.50 bits per heavy atom. The summed E-state index contributed by atoms with van der Waals surface area (Å²) in [6.07, 6.45) is 0.822. The van der Waals surface area contributed by atoms with Gasteiger partial charge >= 0.3 is 0 Å². The zero-order valence-electron chi connectivity index (χ0n) is 9.86. The molecule has 2 aromatic rings. The minimum absolute atomic E-state index is 0.0321. The maximum Gasteiger partial charge on any atom is 0.231 e. The molecule has 0 radical (unpaired) electrons. The minimum atomic E-state index is -0.475. The van der Waals surface area contributed by atoms with Crippen molar-refractivity contribution in [3.63, 3.8) is 0 Å². The average Bonchev–Trinajstić information content (AvgIpc) is 2.84. The fourth-order valence-electron chi connectivity index (χ4n) is 1.60. The van der Waals surface area contributed by atoms with Crippen LogP contribution in [0, 0.1) is 5.82 Å². The summed E-state index contributed by atoms with van der Waals surface area (Å²) in [6, 6.07) is 4.29. The summed E-state index contributed by atoms with van der Waals surface area (Å²) in [5.74, 6) is 0.453. The molecule has 0 aliphatic carbocycles. The molecular weight excluding hydrogens is 257 g/mol. The lowest BCUT2D eigenvalue weighted by Gasteiger charge is -2.04. The van der Waals surface area contributed by atoms with Crippen LogP contribution in [0.4, 0.5) is 4.39 Å². The van der Waals surface area contributed by atoms with Gasteiger partial charge in [-0.15, -0.1) is 0 Å². The monoisotopic (exact) mass is 269 g/mol. The van der Waals surface area contributed by atoms with Crippen LogP contribution in [-0.4, -0.2) is 16.7 Å². The Labute approximate surface area is 109 Å². The van der Waals surface area contributed by atoms with Gasteiger partial charge in [0.05, 0.1) is 10.9 Å². The molecule has 0 amide bonds. The van der Waals surface area contributed by atoms with Gasteiger partial charge in [-0.25, -0.2) is 4.39 Å². The zero-order valence-corrected chi connectivity index (χ0v) is 10.6. The molecule has 0 fully saturated rings. The highest BCUT2D eigenvalue weighted by Crippen LogP contribution is 2.24. The zero-order chi connectivity index (χ0) is 13.1. The molecule has 0 saturated carbocycles. The summed E-state index contributed by atoms with van der Waals surface area (Å²) < 4.78 is 18.2. The van der Waals surface area contributed by atoms with Crippen LogP contribution in [0.3, 0.4) is 0 Å². The van der Waals surface area contributed by atoms with Crippen LogP contribution in [-0.2, 0) is 0 Å². The van der Waals surface area contributed by atoms with Crippen LogP contribution in [0.2, 0.25) is 5.02 Å². The van der Waals surface area contributed by atoms with Crippen molar-refractivity contribution >= 4 is 11.6 Å². The predicted octanol–water partition coefficient (Wildman–Crippen LogP) is 2.98. The Bertz CT molecular complexity index is 540. The second-order valence-corrected chi connectivity index (χ2v) is 4.33. The quantitative estimate of drug-likeness (QED) is 0.927. The van der Waals surface area contributed by atoms with Crippen molar-refractivity contribution in [3.8, 4) is 11.4 Å². The molecule has 2 rings (SSSR count). The molecule has 1 aromatic carbocycles. The molecule has 4 nitrogen and oxygen atoms in total. The first-order chi connectivity index (χ1) is 8.65. The van der Waals surface area contributed by atoms with E-state index in [0.29, 0.717) is 23.8 Å². The van der Waals surface area contributed by atoms with Crippen LogP contribution in [0.25, 0.3) is 11.4 Å². The average molecular weight is 270 g/mol. The van der Waals surface area contributed by atoms with Gasteiger partial charge in [0, 0.05) is 12.1 Å². The Morgan fingerprint density at radius 3 is 2.89 bits per heavy atom. The SMILES string of the molecule is CCC(CN)c1nc(-c2ccc(F)c(Cl)c2)no1. The molecule has 1 aromatic heterocycles. The largest absolute Gasteiger partial charge is 0.339 e. The maximum atomic E-state index is 13.0. The van der Waals surface area contributed by atoms with E-state index >= 15 is 0 Å². The lowest BCUT2D eigenvalue weighted by Crippen LogP contribution is -2.11. The normalized spacial score (nSPS) is 12.7. The highest BCUT2D eigenvalue weighted by atomic mass is 35.5. The fraction of sp³-hybridized carbons (Fsp3) is 0.333. The molecule has 1 atom stereocenters. The molecule has 0 saturated heterocycles. The lowest BCUT2D eigenvalue weighted by atomic mass is 10.1. The number of aromatic nitrogens is 2. The third-order valence-electron chi connectivity index (χ3n) is 2.75. The molecule has 0 spiro atoms. The maximum absolute atomic E-state index is 13.0. The fourth-order valence-corrected chi connectivity index (χ4v) is 1.78. The molecule has 0 aliphatic heterocycles. The van der Waals surface area contributed by atoms with Gasteiger partial charge in [0.2, 0.25) is 11.7 Å². The van der Waals surface area contributed by atoms with Gasteiger partial charge in [-0.1, -0.05) is 23.7 Å². The molecule has 1 unspecified atom stereocenters. The molecule has 0 aliphatic rings. The van der Waals surface area contributed by atoms with Crippen molar-refractivity contribution in [2.24, 2.45) is 5.73 Å². The number of hydrogen-bond donors (Lipinski definition) is 1. The Balaban J connectivity index is 2.31. The molecule has 1 heterocycles. The number of benzene rings is 1. The van der Waals surface area contributed by atoms with Crippen LogP contribution in [0.15, 0.2) is 22.7 Å². The Kier molecular flexibility index (Phi) is 3.93. The summed E-state index contributed by atoms with van der Waals surface area (Å²) in [5.41, 5.74) is 6.22. The van der Waals surface area contributed by atoms with Crippen molar-refractivity contribution in [2.75, 3.05) is 6.54 Å². The van der Waals surface area contributed by atoms with E-state index in [9.17, 15) is 4.39 Å². The van der Waals surface area contributed by atoms with Gasteiger partial charge in [-0.2, -0.15) is 4.98 Å². The van der Waals surface area contributed by atoms with Gasteiger partial charge in [-0.3, -0.25) is 0 Å². The van der Waals surface area contributed by atoms with Crippen molar-refractivity contribution < 1.29 is 8.91 Å². The van der Waals surface area contributed by atoms with E-state index in [-0.39, 0.29) is 10.9 Å². The first kappa shape index (κ1) is 13.0. The van der Waals surface area contributed by atoms with E-state index in [4.69, 9.17) is 21.9 Å². The first-order valence-corrected chi connectivity index (χ1v) is 6.02. The number of hydrogen-bond acceptors (Lipinski definition) is 4. The first-order valence-electron chi connectivity index (χ1n) is 5.64. The molecule has 18 heavy (non-hydrogen) atoms. The molecular formula is C12H13ClFN3O. The molecule has 2 N–H and O–H groups in total. The van der Waals surface area contributed by atoms with E-state index < -0.39 is 5.82 Å². The van der Waals surface area contributed by atoms with E-state index in [0.717, 1.165) is 6.42 Å². The highest BCUT2D eigenvalue weighted by Gasteiger charge is 2.17.